The minimum Gasteiger partial charge on any atom is -0.461 e. The van der Waals surface area contributed by atoms with Gasteiger partial charge in [0.2, 0.25) is 11.7 Å². The fourth-order valence-corrected chi connectivity index (χ4v) is 3.41. The van der Waals surface area contributed by atoms with Crippen molar-refractivity contribution < 1.29 is 9.21 Å². The number of furan rings is 1. The van der Waals surface area contributed by atoms with Crippen LogP contribution in [0.15, 0.2) is 58.3 Å². The largest absolute Gasteiger partial charge is 0.461 e. The number of carbonyl (C=O) groups is 1. The molecule has 0 spiro atoms. The zero-order valence-electron chi connectivity index (χ0n) is 15.8. The van der Waals surface area contributed by atoms with E-state index in [-0.39, 0.29) is 11.2 Å². The van der Waals surface area contributed by atoms with E-state index in [1.165, 1.54) is 11.8 Å². The number of carbonyl (C=O) groups excluding carboxylic acids is 1. The zero-order valence-corrected chi connectivity index (χ0v) is 16.6. The summed E-state index contributed by atoms with van der Waals surface area (Å²) in [6.45, 7) is 7.30. The predicted molar refractivity (Wildman–Crippen MR) is 106 cm³/mol. The molecule has 0 saturated heterocycles. The SMILES string of the molecule is CC(C)CNC(=O)[C@@H](C)Sc1nnc(-c2ccco2)n1Cc1ccccc1. The lowest BCUT2D eigenvalue weighted by atomic mass is 10.2. The van der Waals surface area contributed by atoms with Crippen LogP contribution >= 0.6 is 11.8 Å². The molecule has 6 nitrogen and oxygen atoms in total. The number of aromatic nitrogens is 3. The van der Waals surface area contributed by atoms with E-state index in [0.29, 0.717) is 35.7 Å². The molecule has 0 bridgehead atoms. The van der Waals surface area contributed by atoms with Crippen molar-refractivity contribution >= 4 is 17.7 Å². The quantitative estimate of drug-likeness (QED) is 0.598. The monoisotopic (exact) mass is 384 g/mol. The summed E-state index contributed by atoms with van der Waals surface area (Å²) in [7, 11) is 0. The van der Waals surface area contributed by atoms with E-state index in [9.17, 15) is 4.79 Å². The number of thioether (sulfide) groups is 1. The molecule has 1 aromatic carbocycles. The molecule has 3 rings (SSSR count). The highest BCUT2D eigenvalue weighted by Crippen LogP contribution is 2.28. The van der Waals surface area contributed by atoms with E-state index in [1.807, 2.05) is 41.8 Å². The van der Waals surface area contributed by atoms with Crippen LogP contribution in [0, 0.1) is 5.92 Å². The van der Waals surface area contributed by atoms with E-state index >= 15 is 0 Å². The first-order valence-corrected chi connectivity index (χ1v) is 9.88. The van der Waals surface area contributed by atoms with E-state index in [4.69, 9.17) is 4.42 Å². The average molecular weight is 385 g/mol. The van der Waals surface area contributed by atoms with Crippen LogP contribution in [0.2, 0.25) is 0 Å². The molecule has 0 aliphatic heterocycles. The highest BCUT2D eigenvalue weighted by Gasteiger charge is 2.22. The maximum absolute atomic E-state index is 12.3. The Hall–Kier alpha value is -2.54. The molecule has 2 heterocycles. The van der Waals surface area contributed by atoms with Crippen molar-refractivity contribution in [3.8, 4) is 11.6 Å². The molecule has 27 heavy (non-hydrogen) atoms. The van der Waals surface area contributed by atoms with Gasteiger partial charge in [-0.3, -0.25) is 9.36 Å². The Morgan fingerprint density at radius 1 is 1.15 bits per heavy atom. The van der Waals surface area contributed by atoms with Gasteiger partial charge in [0.1, 0.15) is 0 Å². The topological polar surface area (TPSA) is 73.0 Å². The van der Waals surface area contributed by atoms with Crippen LogP contribution in [0.25, 0.3) is 11.6 Å². The van der Waals surface area contributed by atoms with Gasteiger partial charge in [0.15, 0.2) is 10.9 Å². The Balaban J connectivity index is 1.83. The molecule has 1 atom stereocenters. The molecule has 2 aromatic heterocycles. The fourth-order valence-electron chi connectivity index (χ4n) is 2.53. The molecular weight excluding hydrogens is 360 g/mol. The standard InChI is InChI=1S/C20H24N4O2S/c1-14(2)12-21-19(25)15(3)27-20-23-22-18(17-10-7-11-26-17)24(20)13-16-8-5-4-6-9-16/h4-11,14-15H,12-13H2,1-3H3,(H,21,25)/t15-/m1/s1. The molecule has 142 valence electrons. The number of hydrogen-bond donors (Lipinski definition) is 1. The van der Waals surface area contributed by atoms with Gasteiger partial charge in [-0.15, -0.1) is 10.2 Å². The van der Waals surface area contributed by atoms with Crippen LogP contribution in [-0.2, 0) is 11.3 Å². The molecule has 3 aromatic rings. The lowest BCUT2D eigenvalue weighted by Crippen LogP contribution is -2.33. The molecular formula is C20H24N4O2S. The summed E-state index contributed by atoms with van der Waals surface area (Å²) in [6.07, 6.45) is 1.62. The summed E-state index contributed by atoms with van der Waals surface area (Å²) in [5.41, 5.74) is 1.13. The Morgan fingerprint density at radius 2 is 1.93 bits per heavy atom. The Labute approximate surface area is 163 Å². The first-order chi connectivity index (χ1) is 13.0. The summed E-state index contributed by atoms with van der Waals surface area (Å²) in [5, 5.41) is 12.0. The van der Waals surface area contributed by atoms with Gasteiger partial charge < -0.3 is 9.73 Å². The summed E-state index contributed by atoms with van der Waals surface area (Å²) in [5.74, 6) is 1.73. The summed E-state index contributed by atoms with van der Waals surface area (Å²) >= 11 is 1.40. The van der Waals surface area contributed by atoms with Gasteiger partial charge in [-0.25, -0.2) is 0 Å². The van der Waals surface area contributed by atoms with Crippen LogP contribution < -0.4 is 5.32 Å². The minimum absolute atomic E-state index is 0.00232. The summed E-state index contributed by atoms with van der Waals surface area (Å²) in [4.78, 5) is 12.3. The van der Waals surface area contributed by atoms with E-state index in [0.717, 1.165) is 5.56 Å². The van der Waals surface area contributed by atoms with Gasteiger partial charge in [-0.1, -0.05) is 55.9 Å². The second kappa shape index (κ2) is 8.90. The molecule has 7 heteroatoms. The van der Waals surface area contributed by atoms with Crippen LogP contribution in [0.3, 0.4) is 0 Å². The van der Waals surface area contributed by atoms with Crippen LogP contribution in [0.5, 0.6) is 0 Å². The van der Waals surface area contributed by atoms with Crippen LogP contribution in [0.4, 0.5) is 0 Å². The van der Waals surface area contributed by atoms with E-state index < -0.39 is 0 Å². The zero-order chi connectivity index (χ0) is 19.2. The maximum atomic E-state index is 12.3. The van der Waals surface area contributed by atoms with Crippen LogP contribution in [0.1, 0.15) is 26.3 Å². The molecule has 0 radical (unpaired) electrons. The lowest BCUT2D eigenvalue weighted by molar-refractivity contribution is -0.120. The number of benzene rings is 1. The van der Waals surface area contributed by atoms with E-state index in [1.54, 1.807) is 6.26 Å². The predicted octanol–water partition coefficient (Wildman–Crippen LogP) is 3.84. The van der Waals surface area contributed by atoms with Crippen molar-refractivity contribution in [2.45, 2.75) is 37.7 Å². The highest BCUT2D eigenvalue weighted by atomic mass is 32.2. The normalized spacial score (nSPS) is 12.3. The van der Waals surface area contributed by atoms with Gasteiger partial charge in [0.25, 0.3) is 0 Å². The van der Waals surface area contributed by atoms with Crippen LogP contribution in [-0.4, -0.2) is 32.5 Å². The number of nitrogens with one attached hydrogen (secondary N) is 1. The molecule has 0 saturated carbocycles. The van der Waals surface area contributed by atoms with Crippen molar-refractivity contribution in [3.63, 3.8) is 0 Å². The van der Waals surface area contributed by atoms with Gasteiger partial charge in [-0.2, -0.15) is 0 Å². The number of amides is 1. The van der Waals surface area contributed by atoms with Crippen molar-refractivity contribution in [2.75, 3.05) is 6.54 Å². The summed E-state index contributed by atoms with van der Waals surface area (Å²) < 4.78 is 7.51. The lowest BCUT2D eigenvalue weighted by Gasteiger charge is -2.14. The van der Waals surface area contributed by atoms with Crippen molar-refractivity contribution in [1.29, 1.82) is 0 Å². The smallest absolute Gasteiger partial charge is 0.233 e. The molecule has 0 aliphatic carbocycles. The molecule has 0 fully saturated rings. The maximum Gasteiger partial charge on any atom is 0.233 e. The highest BCUT2D eigenvalue weighted by molar-refractivity contribution is 8.00. The Kier molecular flexibility index (Phi) is 6.34. The van der Waals surface area contributed by atoms with E-state index in [2.05, 4.69) is 41.5 Å². The van der Waals surface area contributed by atoms with Gasteiger partial charge in [0, 0.05) is 6.54 Å². The molecule has 0 unspecified atom stereocenters. The third-order valence-corrected chi connectivity index (χ3v) is 5.06. The van der Waals surface area contributed by atoms with Crippen molar-refractivity contribution in [3.05, 3.63) is 54.3 Å². The number of rotatable bonds is 8. The third kappa shape index (κ3) is 5.01. The summed E-state index contributed by atoms with van der Waals surface area (Å²) in [6, 6.07) is 13.8. The molecule has 1 N–H and O–H groups in total. The second-order valence-electron chi connectivity index (χ2n) is 6.75. The minimum atomic E-state index is -0.271. The van der Waals surface area contributed by atoms with Gasteiger partial charge >= 0.3 is 0 Å². The Bertz CT molecular complexity index is 860. The first kappa shape index (κ1) is 19.2. The molecule has 1 amide bonds. The Morgan fingerprint density at radius 3 is 2.59 bits per heavy atom. The fraction of sp³-hybridized carbons (Fsp3) is 0.350. The number of nitrogens with zero attached hydrogens (tertiary/aromatic N) is 3. The average Bonchev–Trinajstić information content (AvgIpc) is 3.31. The van der Waals surface area contributed by atoms with Crippen molar-refractivity contribution in [2.24, 2.45) is 5.92 Å². The first-order valence-electron chi connectivity index (χ1n) is 9.00. The molecule has 0 aliphatic rings. The number of hydrogen-bond acceptors (Lipinski definition) is 5. The van der Waals surface area contributed by atoms with Gasteiger partial charge in [-0.05, 0) is 30.5 Å². The van der Waals surface area contributed by atoms with Crippen molar-refractivity contribution in [1.82, 2.24) is 20.1 Å². The second-order valence-corrected chi connectivity index (χ2v) is 8.06. The third-order valence-electron chi connectivity index (χ3n) is 3.98. The van der Waals surface area contributed by atoms with Gasteiger partial charge in [0.05, 0.1) is 18.1 Å².